The molecule has 16 heteroatoms. The molecule has 4 rings (SSSR count). The number of nitrogens with one attached hydrogen (secondary N) is 5. The van der Waals surface area contributed by atoms with E-state index in [4.69, 9.17) is 24.4 Å². The van der Waals surface area contributed by atoms with Crippen molar-refractivity contribution >= 4 is 35.4 Å². The van der Waals surface area contributed by atoms with Gasteiger partial charge in [-0.15, -0.1) is 0 Å². The number of rotatable bonds is 13. The molecular formula is C38H48N6O10. The fraction of sp³-hybridized carbons (Fsp3) is 0.421. The second-order valence-electron chi connectivity index (χ2n) is 12.9. The predicted octanol–water partition coefficient (Wildman–Crippen LogP) is 1.97. The van der Waals surface area contributed by atoms with Crippen LogP contribution in [0.4, 0.5) is 0 Å². The average molecular weight is 749 g/mol. The Balaban J connectivity index is 1.39. The van der Waals surface area contributed by atoms with Crippen LogP contribution in [-0.4, -0.2) is 80.4 Å². The van der Waals surface area contributed by atoms with Gasteiger partial charge in [0.2, 0.25) is 23.6 Å². The number of carbonyl (C=O) groups is 6. The number of furan rings is 1. The summed E-state index contributed by atoms with van der Waals surface area (Å²) in [6.45, 7) is 4.10. The highest BCUT2D eigenvalue weighted by molar-refractivity contribution is 6.01. The van der Waals surface area contributed by atoms with Crippen LogP contribution in [0.25, 0.3) is 0 Å². The molecule has 0 unspecified atom stereocenters. The standard InChI is InChI=1S/C38H48N6O10/c1-23(2)32-37(49)42-26(12-8-9-17-41-38(50)33-24(16-20-53-33)22-54-30-15-7-6-14-29(30)51-3)35(47)40-18-10-19-52-28-13-5-4-11-25(28)34(46)43-27(21-31(39)45)36(48)44-32/h4-7,11,13-16,20,23,26-27,32H,8-10,12,17-19,21-22H2,1-3H3,(H2,39,45)(H,40,47)(H,41,50)(H,42,49)(H,43,46)(H,44,48)/t26-,27-,32+/m0/s1. The summed E-state index contributed by atoms with van der Waals surface area (Å²) in [7, 11) is 1.54. The molecule has 0 radical (unpaired) electrons. The van der Waals surface area contributed by atoms with Crippen LogP contribution < -0.4 is 46.5 Å². The van der Waals surface area contributed by atoms with Gasteiger partial charge in [-0.2, -0.15) is 0 Å². The second kappa shape index (κ2) is 20.3. The number of carbonyl (C=O) groups excluding carboxylic acids is 6. The third kappa shape index (κ3) is 11.7. The number of ether oxygens (including phenoxy) is 3. The summed E-state index contributed by atoms with van der Waals surface area (Å²) >= 11 is 0. The molecule has 1 aliphatic heterocycles. The number of unbranched alkanes of at least 4 members (excludes halogenated alkanes) is 1. The highest BCUT2D eigenvalue weighted by atomic mass is 16.5. The van der Waals surface area contributed by atoms with Crippen LogP contribution in [0, 0.1) is 5.92 Å². The van der Waals surface area contributed by atoms with E-state index in [1.807, 2.05) is 12.1 Å². The van der Waals surface area contributed by atoms with Gasteiger partial charge in [-0.05, 0) is 61.9 Å². The molecule has 0 saturated carbocycles. The van der Waals surface area contributed by atoms with Crippen LogP contribution in [-0.2, 0) is 25.8 Å². The largest absolute Gasteiger partial charge is 0.493 e. The molecule has 2 aromatic carbocycles. The Morgan fingerprint density at radius 3 is 2.39 bits per heavy atom. The van der Waals surface area contributed by atoms with Gasteiger partial charge in [-0.3, -0.25) is 28.8 Å². The highest BCUT2D eigenvalue weighted by Gasteiger charge is 2.32. The van der Waals surface area contributed by atoms with Gasteiger partial charge in [-0.25, -0.2) is 0 Å². The fourth-order valence-electron chi connectivity index (χ4n) is 5.63. The topological polar surface area (TPSA) is 229 Å². The smallest absolute Gasteiger partial charge is 0.287 e. The first kappa shape index (κ1) is 40.7. The van der Waals surface area contributed by atoms with E-state index < -0.39 is 65.9 Å². The van der Waals surface area contributed by atoms with Crippen LogP contribution in [0.5, 0.6) is 17.2 Å². The summed E-state index contributed by atoms with van der Waals surface area (Å²) in [6, 6.07) is 11.7. The van der Waals surface area contributed by atoms with Gasteiger partial charge >= 0.3 is 0 Å². The quantitative estimate of drug-likeness (QED) is 0.139. The molecule has 1 aromatic heterocycles. The number of primary amides is 1. The van der Waals surface area contributed by atoms with E-state index in [-0.39, 0.29) is 49.8 Å². The van der Waals surface area contributed by atoms with E-state index in [1.54, 1.807) is 50.2 Å². The van der Waals surface area contributed by atoms with E-state index in [9.17, 15) is 28.8 Å². The lowest BCUT2D eigenvalue weighted by Crippen LogP contribution is -2.58. The minimum absolute atomic E-state index is 0.0772. The molecule has 16 nitrogen and oxygen atoms in total. The van der Waals surface area contributed by atoms with Crippen LogP contribution in [0.3, 0.4) is 0 Å². The average Bonchev–Trinajstić information content (AvgIpc) is 3.63. The number of hydrogen-bond acceptors (Lipinski definition) is 10. The molecule has 0 saturated heterocycles. The molecule has 3 atom stereocenters. The summed E-state index contributed by atoms with van der Waals surface area (Å²) < 4.78 is 22.4. The van der Waals surface area contributed by atoms with Crippen molar-refractivity contribution < 1.29 is 47.4 Å². The van der Waals surface area contributed by atoms with Gasteiger partial charge in [-0.1, -0.05) is 38.1 Å². The Hall–Kier alpha value is -6.06. The zero-order chi connectivity index (χ0) is 39.0. The molecule has 1 aliphatic rings. The van der Waals surface area contributed by atoms with Crippen LogP contribution in [0.1, 0.15) is 72.4 Å². The monoisotopic (exact) mass is 748 g/mol. The molecule has 7 N–H and O–H groups in total. The third-order valence-corrected chi connectivity index (χ3v) is 8.53. The third-order valence-electron chi connectivity index (χ3n) is 8.53. The van der Waals surface area contributed by atoms with E-state index in [0.29, 0.717) is 36.3 Å². The summed E-state index contributed by atoms with van der Waals surface area (Å²) in [5.74, 6) is -2.84. The minimum atomic E-state index is -1.39. The molecule has 2 heterocycles. The first-order valence-corrected chi connectivity index (χ1v) is 17.8. The molecule has 54 heavy (non-hydrogen) atoms. The Bertz CT molecular complexity index is 1780. The number of fused-ring (bicyclic) bond motifs is 1. The summed E-state index contributed by atoms with van der Waals surface area (Å²) in [4.78, 5) is 78.4. The van der Waals surface area contributed by atoms with E-state index >= 15 is 0 Å². The van der Waals surface area contributed by atoms with Crippen molar-refractivity contribution in [2.75, 3.05) is 26.8 Å². The lowest BCUT2D eigenvalue weighted by Gasteiger charge is -2.27. The number of hydrogen-bond donors (Lipinski definition) is 6. The Labute approximate surface area is 313 Å². The van der Waals surface area contributed by atoms with Gasteiger partial charge in [0, 0.05) is 18.7 Å². The van der Waals surface area contributed by atoms with E-state index in [2.05, 4.69) is 26.6 Å². The zero-order valence-electron chi connectivity index (χ0n) is 30.6. The lowest BCUT2D eigenvalue weighted by atomic mass is 10.0. The maximum absolute atomic E-state index is 13.6. The first-order valence-electron chi connectivity index (χ1n) is 17.8. The maximum atomic E-state index is 13.6. The van der Waals surface area contributed by atoms with Crippen molar-refractivity contribution in [1.82, 2.24) is 26.6 Å². The van der Waals surface area contributed by atoms with Crippen molar-refractivity contribution in [3.05, 3.63) is 77.7 Å². The van der Waals surface area contributed by atoms with Crippen LogP contribution in [0.2, 0.25) is 0 Å². The number of para-hydroxylation sites is 3. The fourth-order valence-corrected chi connectivity index (χ4v) is 5.63. The van der Waals surface area contributed by atoms with Crippen molar-refractivity contribution in [1.29, 1.82) is 0 Å². The van der Waals surface area contributed by atoms with Crippen molar-refractivity contribution in [2.45, 2.75) is 70.7 Å². The molecule has 290 valence electrons. The molecule has 0 spiro atoms. The first-order chi connectivity index (χ1) is 26.0. The second-order valence-corrected chi connectivity index (χ2v) is 12.9. The molecule has 0 fully saturated rings. The van der Waals surface area contributed by atoms with Crippen molar-refractivity contribution in [3.8, 4) is 17.2 Å². The molecule has 3 aromatic rings. The maximum Gasteiger partial charge on any atom is 0.287 e. The predicted molar refractivity (Wildman–Crippen MR) is 196 cm³/mol. The number of nitrogens with two attached hydrogens (primary N) is 1. The number of benzene rings is 2. The molecule has 0 aliphatic carbocycles. The van der Waals surface area contributed by atoms with E-state index in [0.717, 1.165) is 0 Å². The molecular weight excluding hydrogens is 700 g/mol. The summed E-state index contributed by atoms with van der Waals surface area (Å²) in [5.41, 5.74) is 6.07. The van der Waals surface area contributed by atoms with E-state index in [1.165, 1.54) is 19.4 Å². The minimum Gasteiger partial charge on any atom is -0.493 e. The summed E-state index contributed by atoms with van der Waals surface area (Å²) in [5, 5.41) is 13.6. The highest BCUT2D eigenvalue weighted by Crippen LogP contribution is 2.27. The normalized spacial score (nSPS) is 18.5. The zero-order valence-corrected chi connectivity index (χ0v) is 30.6. The molecule has 0 bridgehead atoms. The van der Waals surface area contributed by atoms with Gasteiger partial charge < -0.3 is 50.9 Å². The van der Waals surface area contributed by atoms with Gasteiger partial charge in [0.15, 0.2) is 17.3 Å². The van der Waals surface area contributed by atoms with Gasteiger partial charge in [0.1, 0.15) is 30.5 Å². The van der Waals surface area contributed by atoms with Crippen molar-refractivity contribution in [2.24, 2.45) is 11.7 Å². The van der Waals surface area contributed by atoms with Crippen LogP contribution in [0.15, 0.2) is 65.3 Å². The van der Waals surface area contributed by atoms with Crippen LogP contribution >= 0.6 is 0 Å². The molecule has 6 amide bonds. The Morgan fingerprint density at radius 2 is 1.65 bits per heavy atom. The number of methoxy groups -OCH3 is 1. The lowest BCUT2D eigenvalue weighted by molar-refractivity contribution is -0.134. The number of amides is 6. The Morgan fingerprint density at radius 1 is 0.907 bits per heavy atom. The Kier molecular flexibility index (Phi) is 15.3. The van der Waals surface area contributed by atoms with Gasteiger partial charge in [0.05, 0.1) is 32.0 Å². The summed E-state index contributed by atoms with van der Waals surface area (Å²) in [6.07, 6.45) is 2.38. The van der Waals surface area contributed by atoms with Crippen molar-refractivity contribution in [3.63, 3.8) is 0 Å². The SMILES string of the molecule is COc1ccccc1OCc1ccoc1C(=O)NCCCC[C@@H]1NC(=O)[C@@H](C(C)C)NC(=O)[C@H](CC(N)=O)NC(=O)c2ccccc2OCCCNC1=O. The van der Waals surface area contributed by atoms with Gasteiger partial charge in [0.25, 0.3) is 11.8 Å².